The molecule has 33 heavy (non-hydrogen) atoms. The molecule has 1 aromatic rings. The van der Waals surface area contributed by atoms with Crippen molar-refractivity contribution >= 4 is 35.2 Å². The summed E-state index contributed by atoms with van der Waals surface area (Å²) < 4.78 is 4.49. The lowest BCUT2D eigenvalue weighted by molar-refractivity contribution is -0.141. The summed E-state index contributed by atoms with van der Waals surface area (Å²) in [7, 11) is 1.58. The van der Waals surface area contributed by atoms with Crippen LogP contribution < -0.4 is 15.4 Å². The molecule has 1 spiro atoms. The van der Waals surface area contributed by atoms with Gasteiger partial charge in [0, 0.05) is 17.5 Å². The van der Waals surface area contributed by atoms with E-state index in [9.17, 15) is 19.5 Å². The molecule has 0 aliphatic carbocycles. The lowest BCUT2D eigenvalue weighted by atomic mass is 9.66. The number of hydrogen-bond donors (Lipinski definition) is 3. The maximum Gasteiger partial charge on any atom is 0.248 e. The molecule has 3 aliphatic rings. The van der Waals surface area contributed by atoms with Crippen LogP contribution in [0.15, 0.2) is 24.3 Å². The molecule has 2 bridgehead atoms. The van der Waals surface area contributed by atoms with Crippen molar-refractivity contribution in [3.8, 4) is 5.75 Å². The number of benzene rings is 1. The molecular weight excluding hydrogens is 442 g/mol. The van der Waals surface area contributed by atoms with E-state index in [4.69, 9.17) is 4.74 Å². The third-order valence-corrected chi connectivity index (χ3v) is 9.46. The quantitative estimate of drug-likeness (QED) is 0.530. The molecule has 3 fully saturated rings. The molecule has 3 unspecified atom stereocenters. The van der Waals surface area contributed by atoms with E-state index in [1.54, 1.807) is 50.1 Å². The van der Waals surface area contributed by atoms with Crippen LogP contribution in [0.2, 0.25) is 0 Å². The number of thioether (sulfide) groups is 1. The second kappa shape index (κ2) is 9.18. The molecule has 8 nitrogen and oxygen atoms in total. The molecule has 1 aromatic carbocycles. The number of nitrogens with zero attached hydrogens (tertiary/aromatic N) is 1. The minimum Gasteiger partial charge on any atom is -0.497 e. The summed E-state index contributed by atoms with van der Waals surface area (Å²) in [6.07, 6.45) is 1.60. The zero-order chi connectivity index (χ0) is 23.9. The van der Waals surface area contributed by atoms with Gasteiger partial charge < -0.3 is 25.4 Å². The second-order valence-corrected chi connectivity index (χ2v) is 10.9. The monoisotopic (exact) mass is 475 g/mol. The third-order valence-electron chi connectivity index (χ3n) is 7.38. The van der Waals surface area contributed by atoms with Crippen LogP contribution in [0, 0.1) is 17.8 Å². The first-order valence-corrected chi connectivity index (χ1v) is 12.5. The first-order valence-electron chi connectivity index (χ1n) is 11.6. The van der Waals surface area contributed by atoms with E-state index in [1.165, 1.54) is 4.90 Å². The van der Waals surface area contributed by atoms with Crippen molar-refractivity contribution in [1.29, 1.82) is 0 Å². The Labute approximate surface area is 198 Å². The zero-order valence-corrected chi connectivity index (χ0v) is 20.4. The number of aliphatic hydroxyl groups is 1. The number of likely N-dealkylation sites (tertiary alicyclic amines) is 1. The zero-order valence-electron chi connectivity index (χ0n) is 19.5. The molecule has 3 amide bonds. The second-order valence-electron chi connectivity index (χ2n) is 9.34. The van der Waals surface area contributed by atoms with Gasteiger partial charge in [-0.1, -0.05) is 13.8 Å². The van der Waals surface area contributed by atoms with Gasteiger partial charge in [-0.3, -0.25) is 14.4 Å². The van der Waals surface area contributed by atoms with Crippen molar-refractivity contribution in [2.75, 3.05) is 25.6 Å². The minimum atomic E-state index is -0.770. The summed E-state index contributed by atoms with van der Waals surface area (Å²) in [5.41, 5.74) is 0.604. The van der Waals surface area contributed by atoms with Crippen molar-refractivity contribution in [3.05, 3.63) is 24.3 Å². The van der Waals surface area contributed by atoms with Crippen LogP contribution >= 0.6 is 11.8 Å². The largest absolute Gasteiger partial charge is 0.497 e. The standard InChI is InChI=1S/C24H33N3O5S/c1-5-10-25-21(29)18-17-11-13(2)24(33-17)19(18)23(31)27(14(3)12-28)20(24)22(30)26-15-6-8-16(32-4)9-7-15/h6-9,13-14,17-20,28H,5,10-12H2,1-4H3,(H,25,29)(H,26,30)/t13?,14-,17+,18-,19+,20?,24?/m1/s1. The highest BCUT2D eigenvalue weighted by molar-refractivity contribution is 8.02. The Morgan fingerprint density at radius 1 is 1.30 bits per heavy atom. The Kier molecular flexibility index (Phi) is 6.64. The highest BCUT2D eigenvalue weighted by atomic mass is 32.2. The van der Waals surface area contributed by atoms with Crippen LogP contribution in [-0.2, 0) is 14.4 Å². The van der Waals surface area contributed by atoms with Gasteiger partial charge in [-0.25, -0.2) is 0 Å². The first kappa shape index (κ1) is 23.9. The van der Waals surface area contributed by atoms with Crippen molar-refractivity contribution < 1.29 is 24.2 Å². The molecule has 180 valence electrons. The molecule has 3 N–H and O–H groups in total. The highest BCUT2D eigenvalue weighted by Gasteiger charge is 2.76. The third kappa shape index (κ3) is 3.69. The van der Waals surface area contributed by atoms with Gasteiger partial charge in [-0.05, 0) is 49.9 Å². The first-order chi connectivity index (χ1) is 15.8. The summed E-state index contributed by atoms with van der Waals surface area (Å²) >= 11 is 1.63. The molecule has 3 aliphatic heterocycles. The number of rotatable bonds is 8. The maximum atomic E-state index is 13.8. The topological polar surface area (TPSA) is 108 Å². The lowest BCUT2D eigenvalue weighted by Crippen LogP contribution is -2.56. The summed E-state index contributed by atoms with van der Waals surface area (Å²) in [5, 5.41) is 15.9. The molecule has 4 rings (SSSR count). The Balaban J connectivity index is 1.70. The van der Waals surface area contributed by atoms with E-state index in [0.29, 0.717) is 18.0 Å². The number of methoxy groups -OCH3 is 1. The lowest BCUT2D eigenvalue weighted by Gasteiger charge is -2.39. The molecule has 3 heterocycles. The average Bonchev–Trinajstić information content (AvgIpc) is 3.41. The summed E-state index contributed by atoms with van der Waals surface area (Å²) in [5.74, 6) is -0.868. The van der Waals surface area contributed by atoms with Gasteiger partial charge in [0.2, 0.25) is 17.7 Å². The Hall–Kier alpha value is -2.26. The number of hydrogen-bond acceptors (Lipinski definition) is 6. The van der Waals surface area contributed by atoms with Gasteiger partial charge in [-0.15, -0.1) is 11.8 Å². The number of fused-ring (bicyclic) bond motifs is 1. The Morgan fingerprint density at radius 3 is 2.61 bits per heavy atom. The van der Waals surface area contributed by atoms with Crippen molar-refractivity contribution in [1.82, 2.24) is 10.2 Å². The van der Waals surface area contributed by atoms with Crippen LogP contribution in [-0.4, -0.2) is 70.1 Å². The predicted molar refractivity (Wildman–Crippen MR) is 127 cm³/mol. The van der Waals surface area contributed by atoms with Crippen molar-refractivity contribution in [3.63, 3.8) is 0 Å². The number of anilines is 1. The van der Waals surface area contributed by atoms with Gasteiger partial charge in [0.1, 0.15) is 11.8 Å². The number of carbonyl (C=O) groups is 3. The van der Waals surface area contributed by atoms with Gasteiger partial charge in [0.25, 0.3) is 0 Å². The van der Waals surface area contributed by atoms with E-state index in [2.05, 4.69) is 17.6 Å². The smallest absolute Gasteiger partial charge is 0.248 e. The van der Waals surface area contributed by atoms with Gasteiger partial charge in [0.15, 0.2) is 0 Å². The fraction of sp³-hybridized carbons (Fsp3) is 0.625. The fourth-order valence-electron chi connectivity index (χ4n) is 5.87. The molecule has 0 aromatic heterocycles. The Morgan fingerprint density at radius 2 is 2.00 bits per heavy atom. The molecule has 0 saturated carbocycles. The average molecular weight is 476 g/mol. The number of nitrogens with one attached hydrogen (secondary N) is 2. The molecule has 0 radical (unpaired) electrons. The van der Waals surface area contributed by atoms with Crippen molar-refractivity contribution in [2.45, 2.75) is 55.7 Å². The molecule has 7 atom stereocenters. The molecule has 9 heteroatoms. The van der Waals surface area contributed by atoms with E-state index >= 15 is 0 Å². The summed E-state index contributed by atoms with van der Waals surface area (Å²) in [6, 6.07) is 5.73. The van der Waals surface area contributed by atoms with Gasteiger partial charge in [0.05, 0.1) is 36.3 Å². The predicted octanol–water partition coefficient (Wildman–Crippen LogP) is 1.88. The number of carbonyl (C=O) groups excluding carboxylic acids is 3. The van der Waals surface area contributed by atoms with Crippen LogP contribution in [0.1, 0.15) is 33.6 Å². The van der Waals surface area contributed by atoms with Crippen LogP contribution in [0.4, 0.5) is 5.69 Å². The summed E-state index contributed by atoms with van der Waals surface area (Å²) in [6.45, 7) is 6.13. The van der Waals surface area contributed by atoms with E-state index < -0.39 is 28.7 Å². The van der Waals surface area contributed by atoms with Crippen LogP contribution in [0.5, 0.6) is 5.75 Å². The molecule has 3 saturated heterocycles. The fourth-order valence-corrected chi connectivity index (χ4v) is 8.28. The van der Waals surface area contributed by atoms with Crippen molar-refractivity contribution in [2.24, 2.45) is 17.8 Å². The van der Waals surface area contributed by atoms with Gasteiger partial charge in [-0.2, -0.15) is 0 Å². The normalized spacial score (nSPS) is 33.1. The Bertz CT molecular complexity index is 925. The SMILES string of the molecule is CCCNC(=O)[C@@H]1[C@@H]2CC(C)C3(S2)C(C(=O)Nc2ccc(OC)cc2)N([C@H](C)CO)C(=O)[C@H]13. The number of ether oxygens (including phenoxy) is 1. The summed E-state index contributed by atoms with van der Waals surface area (Å²) in [4.78, 5) is 42.2. The van der Waals surface area contributed by atoms with E-state index in [0.717, 1.165) is 12.8 Å². The van der Waals surface area contributed by atoms with E-state index in [-0.39, 0.29) is 35.5 Å². The molecular formula is C24H33N3O5S. The van der Waals surface area contributed by atoms with Gasteiger partial charge >= 0.3 is 0 Å². The highest BCUT2D eigenvalue weighted by Crippen LogP contribution is 2.68. The number of aliphatic hydroxyl groups excluding tert-OH is 1. The number of amides is 3. The maximum absolute atomic E-state index is 13.8. The van der Waals surface area contributed by atoms with E-state index in [1.807, 2.05) is 6.92 Å². The van der Waals surface area contributed by atoms with Crippen LogP contribution in [0.25, 0.3) is 0 Å². The minimum absolute atomic E-state index is 0.00803. The van der Waals surface area contributed by atoms with Crippen LogP contribution in [0.3, 0.4) is 0 Å².